The fourth-order valence-corrected chi connectivity index (χ4v) is 7.27. The molecule has 0 rings (SSSR count). The molecule has 0 aliphatic rings. The molecule has 0 amide bonds. The van der Waals surface area contributed by atoms with E-state index in [1.807, 2.05) is 0 Å². The smallest absolute Gasteiger partial charge is 0.0774 e. The summed E-state index contributed by atoms with van der Waals surface area (Å²) >= 11 is 0. The van der Waals surface area contributed by atoms with Gasteiger partial charge in [0.25, 0.3) is 0 Å². The van der Waals surface area contributed by atoms with Crippen molar-refractivity contribution in [2.24, 2.45) is 0 Å². The van der Waals surface area contributed by atoms with Crippen LogP contribution < -0.4 is 0 Å². The lowest BCUT2D eigenvalue weighted by atomic mass is 11.2. The molecule has 0 saturated carbocycles. The number of hydrogen-bond acceptors (Lipinski definition) is 0. The summed E-state index contributed by atoms with van der Waals surface area (Å²) in [7, 11) is 3.77. The van der Waals surface area contributed by atoms with Gasteiger partial charge in [-0.15, -0.1) is 18.5 Å². The zero-order valence-corrected chi connectivity index (χ0v) is 13.5. The van der Waals surface area contributed by atoms with Crippen LogP contribution in [0.4, 0.5) is 0 Å². The van der Waals surface area contributed by atoms with Gasteiger partial charge in [0, 0.05) is 0 Å². The van der Waals surface area contributed by atoms with Crippen molar-refractivity contribution in [3.63, 3.8) is 0 Å². The maximum absolute atomic E-state index is 2.96. The van der Waals surface area contributed by atoms with Crippen LogP contribution in [0.25, 0.3) is 0 Å². The van der Waals surface area contributed by atoms with Gasteiger partial charge in [-0.25, -0.2) is 0 Å². The average molecular weight is 236 g/mol. The van der Waals surface area contributed by atoms with E-state index in [-0.39, 0.29) is 0 Å². The summed E-state index contributed by atoms with van der Waals surface area (Å²) in [6.45, 7) is 14.4. The van der Waals surface area contributed by atoms with Gasteiger partial charge in [-0.3, -0.25) is 0 Å². The first kappa shape index (κ1) is 13.0. The van der Waals surface area contributed by atoms with Crippen molar-refractivity contribution in [3.8, 4) is 0 Å². The molecular formula is C8H22P2Si2. The molecule has 0 aromatic carbocycles. The van der Waals surface area contributed by atoms with Crippen LogP contribution in [0.1, 0.15) is 0 Å². The van der Waals surface area contributed by atoms with E-state index in [0.29, 0.717) is 0 Å². The van der Waals surface area contributed by atoms with Gasteiger partial charge in [-0.05, 0) is 0 Å². The van der Waals surface area contributed by atoms with Crippen molar-refractivity contribution in [2.75, 3.05) is 0 Å². The topological polar surface area (TPSA) is 0 Å². The quantitative estimate of drug-likeness (QED) is 0.506. The normalized spacial score (nSPS) is 16.0. The molecule has 0 aliphatic heterocycles. The van der Waals surface area contributed by atoms with Gasteiger partial charge in [0.2, 0.25) is 0 Å². The molecule has 0 aromatic heterocycles. The molecule has 0 aliphatic carbocycles. The summed E-state index contributed by atoms with van der Waals surface area (Å²) in [5, 5.41) is 0. The fourth-order valence-electron chi connectivity index (χ4n) is 0.808. The molecule has 0 nitrogen and oxygen atoms in total. The maximum atomic E-state index is 2.96. The SMILES string of the molecule is C[Si](C)(C)C(P)=C(P)[Si](C)(C)C. The lowest BCUT2D eigenvalue weighted by Gasteiger charge is -2.26. The molecule has 12 heavy (non-hydrogen) atoms. The molecule has 72 valence electrons. The third-order valence-corrected chi connectivity index (χ3v) is 12.7. The molecule has 0 aromatic rings. The predicted molar refractivity (Wildman–Crippen MR) is 73.1 cm³/mol. The van der Waals surface area contributed by atoms with E-state index in [1.54, 1.807) is 9.87 Å². The summed E-state index contributed by atoms with van der Waals surface area (Å²) < 4.78 is 0. The molecule has 0 N–H and O–H groups in total. The van der Waals surface area contributed by atoms with Crippen molar-refractivity contribution in [2.45, 2.75) is 39.3 Å². The third-order valence-electron chi connectivity index (χ3n) is 1.91. The van der Waals surface area contributed by atoms with E-state index in [2.05, 4.69) is 57.8 Å². The van der Waals surface area contributed by atoms with Crippen molar-refractivity contribution >= 4 is 34.6 Å². The number of hydrogen-bond donors (Lipinski definition) is 0. The summed E-state index contributed by atoms with van der Waals surface area (Å²) in [6, 6.07) is 0. The van der Waals surface area contributed by atoms with E-state index < -0.39 is 16.1 Å². The fraction of sp³-hybridized carbons (Fsp3) is 0.750. The molecule has 2 unspecified atom stereocenters. The summed E-state index contributed by atoms with van der Waals surface area (Å²) in [4.78, 5) is 3.21. The van der Waals surface area contributed by atoms with Crippen molar-refractivity contribution in [1.29, 1.82) is 0 Å². The Balaban J connectivity index is 4.96. The highest BCUT2D eigenvalue weighted by atomic mass is 31.0. The second-order valence-electron chi connectivity index (χ2n) is 5.33. The van der Waals surface area contributed by atoms with E-state index in [9.17, 15) is 0 Å². The minimum absolute atomic E-state index is 1.08. The minimum Gasteiger partial charge on any atom is -0.115 e. The zero-order valence-electron chi connectivity index (χ0n) is 9.15. The summed E-state index contributed by atoms with van der Waals surface area (Å²) in [5.74, 6) is 0. The summed E-state index contributed by atoms with van der Waals surface area (Å²) in [5.41, 5.74) is 0. The Morgan fingerprint density at radius 1 is 0.667 bits per heavy atom. The first-order valence-electron chi connectivity index (χ1n) is 4.33. The monoisotopic (exact) mass is 236 g/mol. The molecule has 0 spiro atoms. The predicted octanol–water partition coefficient (Wildman–Crippen LogP) is 3.70. The second kappa shape index (κ2) is 4.04. The zero-order chi connectivity index (χ0) is 10.2. The van der Waals surface area contributed by atoms with Crippen molar-refractivity contribution in [3.05, 3.63) is 9.87 Å². The van der Waals surface area contributed by atoms with Crippen LogP contribution in [-0.4, -0.2) is 16.1 Å². The standard InChI is InChI=1S/C8H22P2Si2/c1-11(2,3)7(9)8(10)12(4,5)6/h9-10H2,1-6H3. The van der Waals surface area contributed by atoms with E-state index in [1.165, 1.54) is 0 Å². The lowest BCUT2D eigenvalue weighted by molar-refractivity contribution is 1.69. The van der Waals surface area contributed by atoms with Crippen molar-refractivity contribution in [1.82, 2.24) is 0 Å². The number of rotatable bonds is 2. The van der Waals surface area contributed by atoms with Crippen molar-refractivity contribution < 1.29 is 0 Å². The van der Waals surface area contributed by atoms with Gasteiger partial charge in [0.15, 0.2) is 0 Å². The van der Waals surface area contributed by atoms with Gasteiger partial charge in [0.05, 0.1) is 16.1 Å². The van der Waals surface area contributed by atoms with Crippen LogP contribution in [0, 0.1) is 0 Å². The first-order chi connectivity index (χ1) is 5.07. The Bertz CT molecular complexity index is 174. The molecule has 0 fully saturated rings. The Morgan fingerprint density at radius 2 is 0.833 bits per heavy atom. The highest BCUT2D eigenvalue weighted by Gasteiger charge is 2.24. The van der Waals surface area contributed by atoms with Gasteiger partial charge in [-0.1, -0.05) is 49.2 Å². The van der Waals surface area contributed by atoms with Gasteiger partial charge >= 0.3 is 0 Å². The van der Waals surface area contributed by atoms with Gasteiger partial charge in [-0.2, -0.15) is 0 Å². The Morgan fingerprint density at radius 3 is 0.917 bits per heavy atom. The van der Waals surface area contributed by atoms with Crippen LogP contribution in [0.3, 0.4) is 0 Å². The first-order valence-corrected chi connectivity index (χ1v) is 12.5. The van der Waals surface area contributed by atoms with Crippen LogP contribution in [-0.2, 0) is 0 Å². The largest absolute Gasteiger partial charge is 0.115 e. The van der Waals surface area contributed by atoms with Gasteiger partial charge < -0.3 is 0 Å². The molecule has 2 atom stereocenters. The van der Waals surface area contributed by atoms with E-state index in [4.69, 9.17) is 0 Å². The van der Waals surface area contributed by atoms with Gasteiger partial charge in [0.1, 0.15) is 0 Å². The average Bonchev–Trinajstić information content (AvgIpc) is 1.80. The van der Waals surface area contributed by atoms with Crippen LogP contribution in [0.5, 0.6) is 0 Å². The maximum Gasteiger partial charge on any atom is 0.0774 e. The molecule has 0 saturated heterocycles. The highest BCUT2D eigenvalue weighted by Crippen LogP contribution is 2.33. The third kappa shape index (κ3) is 3.83. The molecule has 4 heteroatoms. The lowest BCUT2D eigenvalue weighted by Crippen LogP contribution is -2.28. The van der Waals surface area contributed by atoms with E-state index in [0.717, 1.165) is 0 Å². The Kier molecular flexibility index (Phi) is 4.39. The van der Waals surface area contributed by atoms with E-state index >= 15 is 0 Å². The Labute approximate surface area is 84.0 Å². The molecular weight excluding hydrogens is 214 g/mol. The molecule has 0 bridgehead atoms. The Hall–Kier alpha value is 1.03. The van der Waals surface area contributed by atoms with Crippen LogP contribution in [0.2, 0.25) is 39.3 Å². The molecule has 0 radical (unpaired) electrons. The highest BCUT2D eigenvalue weighted by molar-refractivity contribution is 7.39. The van der Waals surface area contributed by atoms with Crippen LogP contribution in [0.15, 0.2) is 9.87 Å². The van der Waals surface area contributed by atoms with Crippen LogP contribution >= 0.6 is 18.5 Å². The molecule has 0 heterocycles. The second-order valence-corrected chi connectivity index (χ2v) is 17.7. The summed E-state index contributed by atoms with van der Waals surface area (Å²) in [6.07, 6.45) is 0. The minimum atomic E-state index is -1.08.